The lowest BCUT2D eigenvalue weighted by molar-refractivity contribution is 0.0797. The molecule has 0 atom stereocenters. The fourth-order valence-electron chi connectivity index (χ4n) is 4.71. The van der Waals surface area contributed by atoms with E-state index in [1.165, 1.54) is 0 Å². The van der Waals surface area contributed by atoms with Crippen molar-refractivity contribution >= 4 is 11.6 Å². The summed E-state index contributed by atoms with van der Waals surface area (Å²) in [4.78, 5) is 26.1. The van der Waals surface area contributed by atoms with E-state index in [0.29, 0.717) is 22.6 Å². The molecule has 1 fully saturated rings. The summed E-state index contributed by atoms with van der Waals surface area (Å²) in [5.41, 5.74) is 1.39. The molecule has 36 heavy (non-hydrogen) atoms. The molecule has 4 aromatic rings. The van der Waals surface area contributed by atoms with E-state index in [9.17, 15) is 9.59 Å². The van der Waals surface area contributed by atoms with Crippen LogP contribution < -0.4 is 9.47 Å². The highest BCUT2D eigenvalue weighted by Gasteiger charge is 2.30. The van der Waals surface area contributed by atoms with Crippen molar-refractivity contribution in [2.24, 2.45) is 11.8 Å². The first kappa shape index (κ1) is 23.6. The summed E-state index contributed by atoms with van der Waals surface area (Å²) >= 11 is 0. The third-order valence-corrected chi connectivity index (χ3v) is 6.70. The van der Waals surface area contributed by atoms with Crippen LogP contribution in [0.2, 0.25) is 0 Å². The third-order valence-electron chi connectivity index (χ3n) is 6.70. The summed E-state index contributed by atoms with van der Waals surface area (Å²) < 4.78 is 11.6. The first-order valence-electron chi connectivity index (χ1n) is 12.4. The van der Waals surface area contributed by atoms with Crippen molar-refractivity contribution < 1.29 is 19.1 Å². The predicted molar refractivity (Wildman–Crippen MR) is 140 cm³/mol. The molecular formula is C32H28O4. The van der Waals surface area contributed by atoms with Crippen LogP contribution in [0.15, 0.2) is 109 Å². The van der Waals surface area contributed by atoms with Gasteiger partial charge in [0.05, 0.1) is 0 Å². The molecule has 0 bridgehead atoms. The summed E-state index contributed by atoms with van der Waals surface area (Å²) in [7, 11) is 0. The van der Waals surface area contributed by atoms with Crippen molar-refractivity contribution in [3.8, 4) is 23.0 Å². The Bertz CT molecular complexity index is 1180. The summed E-state index contributed by atoms with van der Waals surface area (Å²) in [6.45, 7) is 0. The second-order valence-electron chi connectivity index (χ2n) is 9.16. The number of benzene rings is 4. The number of para-hydroxylation sites is 2. The Morgan fingerprint density at radius 3 is 1.08 bits per heavy atom. The van der Waals surface area contributed by atoms with Gasteiger partial charge in [-0.3, -0.25) is 9.59 Å². The van der Waals surface area contributed by atoms with Crippen molar-refractivity contribution in [2.45, 2.75) is 25.7 Å². The largest absolute Gasteiger partial charge is 0.457 e. The molecule has 0 aliphatic heterocycles. The molecule has 0 N–H and O–H groups in total. The van der Waals surface area contributed by atoms with E-state index < -0.39 is 0 Å². The minimum Gasteiger partial charge on any atom is -0.457 e. The summed E-state index contributed by atoms with van der Waals surface area (Å²) in [6.07, 6.45) is 2.92. The lowest BCUT2D eigenvalue weighted by atomic mass is 9.76. The van der Waals surface area contributed by atoms with Gasteiger partial charge in [0.2, 0.25) is 0 Å². The highest BCUT2D eigenvalue weighted by molar-refractivity contribution is 5.99. The fourth-order valence-corrected chi connectivity index (χ4v) is 4.71. The predicted octanol–water partition coefficient (Wildman–Crippen LogP) is 8.14. The monoisotopic (exact) mass is 476 g/mol. The summed E-state index contributed by atoms with van der Waals surface area (Å²) in [5.74, 6) is 3.13. The minimum absolute atomic E-state index is 0.0448. The smallest absolute Gasteiger partial charge is 0.165 e. The number of rotatable bonds is 8. The quantitative estimate of drug-likeness (QED) is 0.241. The maximum atomic E-state index is 13.1. The van der Waals surface area contributed by atoms with E-state index in [0.717, 1.165) is 37.2 Å². The molecule has 5 rings (SSSR count). The van der Waals surface area contributed by atoms with Crippen LogP contribution in [0.4, 0.5) is 0 Å². The minimum atomic E-state index is -0.0448. The highest BCUT2D eigenvalue weighted by atomic mass is 16.5. The van der Waals surface area contributed by atoms with E-state index in [1.807, 2.05) is 109 Å². The molecule has 0 heterocycles. The maximum Gasteiger partial charge on any atom is 0.165 e. The molecule has 0 radical (unpaired) electrons. The zero-order valence-electron chi connectivity index (χ0n) is 20.0. The zero-order chi connectivity index (χ0) is 24.7. The number of ether oxygens (including phenoxy) is 2. The lowest BCUT2D eigenvalue weighted by Crippen LogP contribution is -2.26. The number of hydrogen-bond donors (Lipinski definition) is 0. The molecule has 1 saturated carbocycles. The molecular weight excluding hydrogens is 448 g/mol. The first-order valence-corrected chi connectivity index (χ1v) is 12.4. The number of ketones is 2. The fraction of sp³-hybridized carbons (Fsp3) is 0.188. The van der Waals surface area contributed by atoms with Crippen LogP contribution in [-0.2, 0) is 0 Å². The van der Waals surface area contributed by atoms with Gasteiger partial charge in [0.25, 0.3) is 0 Å². The number of carbonyl (C=O) groups is 2. The Balaban J connectivity index is 1.14. The Morgan fingerprint density at radius 2 is 0.750 bits per heavy atom. The van der Waals surface area contributed by atoms with E-state index in [1.54, 1.807) is 0 Å². The average Bonchev–Trinajstić information content (AvgIpc) is 2.94. The topological polar surface area (TPSA) is 52.6 Å². The van der Waals surface area contributed by atoms with Crippen LogP contribution in [0.5, 0.6) is 23.0 Å². The number of Topliss-reactive ketones (excluding diaryl/α,β-unsaturated/α-hetero) is 2. The molecule has 180 valence electrons. The SMILES string of the molecule is O=C(c1ccc(Oc2ccccc2)cc1)C1CCC(C(=O)c2ccc(Oc3ccccc3)cc2)CC1. The zero-order valence-corrected chi connectivity index (χ0v) is 20.0. The third kappa shape index (κ3) is 5.72. The Morgan fingerprint density at radius 1 is 0.444 bits per heavy atom. The molecule has 0 spiro atoms. The highest BCUT2D eigenvalue weighted by Crippen LogP contribution is 2.34. The van der Waals surface area contributed by atoms with E-state index in [2.05, 4.69) is 0 Å². The van der Waals surface area contributed by atoms with E-state index in [-0.39, 0.29) is 23.4 Å². The molecule has 0 unspecified atom stereocenters. The standard InChI is InChI=1S/C32H28O4/c33-31(25-15-19-29(20-16-25)35-27-7-3-1-4-8-27)23-11-13-24(14-12-23)32(34)26-17-21-30(22-18-26)36-28-9-5-2-6-10-28/h1-10,15-24H,11-14H2. The second kappa shape index (κ2) is 11.0. The molecule has 0 amide bonds. The molecule has 4 nitrogen and oxygen atoms in total. The molecule has 1 aliphatic rings. The number of carbonyl (C=O) groups excluding carboxylic acids is 2. The number of hydrogen-bond acceptors (Lipinski definition) is 4. The van der Waals surface area contributed by atoms with Gasteiger partial charge in [-0.15, -0.1) is 0 Å². The molecule has 0 aromatic heterocycles. The van der Waals surface area contributed by atoms with E-state index >= 15 is 0 Å². The van der Waals surface area contributed by atoms with Crippen molar-refractivity contribution in [2.75, 3.05) is 0 Å². The second-order valence-corrected chi connectivity index (χ2v) is 9.16. The molecule has 4 heteroatoms. The Kier molecular flexibility index (Phi) is 7.23. The summed E-state index contributed by atoms with van der Waals surface area (Å²) in [5, 5.41) is 0. The molecule has 4 aromatic carbocycles. The van der Waals surface area contributed by atoms with Gasteiger partial charge in [-0.1, -0.05) is 36.4 Å². The van der Waals surface area contributed by atoms with Crippen LogP contribution in [0.25, 0.3) is 0 Å². The van der Waals surface area contributed by atoms with Crippen LogP contribution >= 0.6 is 0 Å². The van der Waals surface area contributed by atoms with Gasteiger partial charge in [-0.2, -0.15) is 0 Å². The van der Waals surface area contributed by atoms with Crippen molar-refractivity contribution in [3.63, 3.8) is 0 Å². The average molecular weight is 477 g/mol. The molecule has 1 aliphatic carbocycles. The van der Waals surface area contributed by atoms with Crippen LogP contribution in [0, 0.1) is 11.8 Å². The Labute approximate surface area is 211 Å². The van der Waals surface area contributed by atoms with E-state index in [4.69, 9.17) is 9.47 Å². The van der Waals surface area contributed by atoms with Gasteiger partial charge >= 0.3 is 0 Å². The molecule has 0 saturated heterocycles. The maximum absolute atomic E-state index is 13.1. The summed E-state index contributed by atoms with van der Waals surface area (Å²) in [6, 6.07) is 33.8. The van der Waals surface area contributed by atoms with Gasteiger partial charge in [0.1, 0.15) is 23.0 Å². The van der Waals surface area contributed by atoms with Crippen LogP contribution in [-0.4, -0.2) is 11.6 Å². The van der Waals surface area contributed by atoms with Gasteiger partial charge in [0.15, 0.2) is 11.6 Å². The van der Waals surface area contributed by atoms with Crippen molar-refractivity contribution in [1.29, 1.82) is 0 Å². The van der Waals surface area contributed by atoms with Crippen LogP contribution in [0.1, 0.15) is 46.4 Å². The van der Waals surface area contributed by atoms with Crippen molar-refractivity contribution in [1.82, 2.24) is 0 Å². The van der Waals surface area contributed by atoms with Gasteiger partial charge < -0.3 is 9.47 Å². The van der Waals surface area contributed by atoms with Gasteiger partial charge in [-0.05, 0) is 98.5 Å². The normalized spacial score (nSPS) is 17.2. The Hall–Kier alpha value is -4.18. The van der Waals surface area contributed by atoms with Crippen LogP contribution in [0.3, 0.4) is 0 Å². The van der Waals surface area contributed by atoms with Crippen molar-refractivity contribution in [3.05, 3.63) is 120 Å². The first-order chi connectivity index (χ1) is 17.7. The lowest BCUT2D eigenvalue weighted by Gasteiger charge is -2.27. The van der Waals surface area contributed by atoms with Gasteiger partial charge in [-0.25, -0.2) is 0 Å². The van der Waals surface area contributed by atoms with Gasteiger partial charge in [0, 0.05) is 23.0 Å².